The second kappa shape index (κ2) is 13.1. The summed E-state index contributed by atoms with van der Waals surface area (Å²) in [7, 11) is -1.69. The van der Waals surface area contributed by atoms with Gasteiger partial charge in [-0.15, -0.1) is 0 Å². The third-order valence-corrected chi connectivity index (χ3v) is 14.3. The predicted octanol–water partition coefficient (Wildman–Crippen LogP) is 5.36. The number of nitrogens with one attached hydrogen (secondary N) is 1. The van der Waals surface area contributed by atoms with Gasteiger partial charge in [0.15, 0.2) is 9.84 Å². The van der Waals surface area contributed by atoms with Gasteiger partial charge in [0, 0.05) is 62.7 Å². The van der Waals surface area contributed by atoms with Crippen molar-refractivity contribution in [3.63, 3.8) is 0 Å². The van der Waals surface area contributed by atoms with Crippen LogP contribution in [0, 0.1) is 5.92 Å². The third kappa shape index (κ3) is 6.13. The van der Waals surface area contributed by atoms with Gasteiger partial charge >= 0.3 is 0 Å². The van der Waals surface area contributed by atoms with Crippen LogP contribution in [0.25, 0.3) is 10.8 Å². The van der Waals surface area contributed by atoms with Crippen LogP contribution in [0.4, 0.5) is 27.7 Å². The fourth-order valence-corrected chi connectivity index (χ4v) is 10.7. The van der Waals surface area contributed by atoms with E-state index in [1.165, 1.54) is 13.2 Å². The standard InChI is InChI=1S/C36H46FN7O4S/c1-5-34(45)44-16-7-8-29(44)24-10-11-28(43-20-23(21-43)31-9-6-14-36(2,3)49(31,46)47)26-19-39-33(18-25(24)26)40-32-12-15-38-35(41-32)42-17-13-30(48-4)27(37)22-42/h5,10-12,15,18-19,23,27,29-31H,1,6-9,13-14,16-17,20-22H2,2-4H3,(H,38,39,40,41)/t27-,29-,30+,31+/m0/s1. The molecule has 4 aliphatic rings. The number of aromatic nitrogens is 3. The molecule has 4 saturated heterocycles. The molecule has 0 unspecified atom stereocenters. The van der Waals surface area contributed by atoms with Gasteiger partial charge < -0.3 is 24.8 Å². The first-order chi connectivity index (χ1) is 23.5. The summed E-state index contributed by atoms with van der Waals surface area (Å²) < 4.78 is 46.1. The molecule has 4 aliphatic heterocycles. The number of hydrogen-bond acceptors (Lipinski definition) is 10. The molecule has 0 spiro atoms. The summed E-state index contributed by atoms with van der Waals surface area (Å²) in [5, 5.41) is 4.93. The van der Waals surface area contributed by atoms with E-state index in [4.69, 9.17) is 9.72 Å². The first kappa shape index (κ1) is 33.6. The predicted molar refractivity (Wildman–Crippen MR) is 190 cm³/mol. The van der Waals surface area contributed by atoms with Crippen LogP contribution < -0.4 is 15.1 Å². The van der Waals surface area contributed by atoms with E-state index in [-0.39, 0.29) is 29.7 Å². The number of pyridine rings is 1. The molecule has 6 heterocycles. The number of halogens is 1. The van der Waals surface area contributed by atoms with Crippen molar-refractivity contribution in [2.75, 3.05) is 55.0 Å². The number of piperidine rings is 1. The first-order valence-electron chi connectivity index (χ1n) is 17.4. The van der Waals surface area contributed by atoms with Gasteiger partial charge in [-0.2, -0.15) is 4.98 Å². The minimum absolute atomic E-state index is 0.0867. The molecule has 2 aromatic heterocycles. The van der Waals surface area contributed by atoms with Gasteiger partial charge in [-0.1, -0.05) is 19.1 Å². The molecule has 49 heavy (non-hydrogen) atoms. The van der Waals surface area contributed by atoms with Crippen LogP contribution in [0.15, 0.2) is 49.3 Å². The van der Waals surface area contributed by atoms with E-state index in [1.807, 2.05) is 35.9 Å². The normalized spacial score (nSPS) is 26.8. The number of fused-ring (bicyclic) bond motifs is 1. The Bertz CT molecular complexity index is 1850. The molecule has 13 heteroatoms. The van der Waals surface area contributed by atoms with Gasteiger partial charge in [0.1, 0.15) is 17.8 Å². The number of nitrogens with zero attached hydrogens (tertiary/aromatic N) is 6. The molecule has 4 atom stereocenters. The summed E-state index contributed by atoms with van der Waals surface area (Å²) in [5.41, 5.74) is 2.04. The number of amides is 1. The molecule has 0 aliphatic carbocycles. The highest BCUT2D eigenvalue weighted by Gasteiger charge is 2.49. The SMILES string of the molecule is C=CC(=O)N1CCC[C@H]1c1ccc(N2CC([C@H]3CCCC(C)(C)S3(=O)=O)C2)c2cnc(Nc3ccnc(N4CC[C@@H](OC)[C@@H](F)C4)n3)cc12. The molecule has 0 bridgehead atoms. The average molecular weight is 692 g/mol. The number of anilines is 4. The van der Waals surface area contributed by atoms with Crippen molar-refractivity contribution in [2.24, 2.45) is 5.92 Å². The smallest absolute Gasteiger partial charge is 0.246 e. The van der Waals surface area contributed by atoms with Crippen molar-refractivity contribution in [1.29, 1.82) is 0 Å². The number of sulfone groups is 1. The number of rotatable bonds is 8. The van der Waals surface area contributed by atoms with Crippen molar-refractivity contribution in [3.8, 4) is 0 Å². The summed E-state index contributed by atoms with van der Waals surface area (Å²) in [4.78, 5) is 32.7. The zero-order chi connectivity index (χ0) is 34.5. The Labute approximate surface area is 287 Å². The minimum atomic E-state index is -3.23. The largest absolute Gasteiger partial charge is 0.378 e. The van der Waals surface area contributed by atoms with Crippen molar-refractivity contribution in [3.05, 3.63) is 54.9 Å². The Balaban J connectivity index is 1.18. The van der Waals surface area contributed by atoms with Gasteiger partial charge in [-0.05, 0) is 81.2 Å². The third-order valence-electron chi connectivity index (χ3n) is 11.2. The van der Waals surface area contributed by atoms with Crippen LogP contribution in [0.3, 0.4) is 0 Å². The maximum atomic E-state index is 14.6. The van der Waals surface area contributed by atoms with E-state index in [2.05, 4.69) is 38.9 Å². The lowest BCUT2D eigenvalue weighted by Crippen LogP contribution is -2.58. The molecule has 11 nitrogen and oxygen atoms in total. The summed E-state index contributed by atoms with van der Waals surface area (Å²) in [6, 6.07) is 7.85. The van der Waals surface area contributed by atoms with E-state index in [0.29, 0.717) is 56.6 Å². The number of methoxy groups -OCH3 is 1. The molecule has 0 saturated carbocycles. The van der Waals surface area contributed by atoms with Crippen LogP contribution in [0.1, 0.15) is 64.0 Å². The molecule has 1 N–H and O–H groups in total. The molecular weight excluding hydrogens is 646 g/mol. The molecule has 3 aromatic rings. The van der Waals surface area contributed by atoms with E-state index in [0.717, 1.165) is 47.7 Å². The van der Waals surface area contributed by atoms with Crippen LogP contribution in [0.5, 0.6) is 0 Å². The van der Waals surface area contributed by atoms with Crippen molar-refractivity contribution < 1.29 is 22.3 Å². The zero-order valence-corrected chi connectivity index (χ0v) is 29.3. The van der Waals surface area contributed by atoms with Gasteiger partial charge in [-0.3, -0.25) is 4.79 Å². The first-order valence-corrected chi connectivity index (χ1v) is 18.9. The van der Waals surface area contributed by atoms with Crippen LogP contribution in [-0.2, 0) is 19.4 Å². The van der Waals surface area contributed by atoms with E-state index in [1.54, 1.807) is 12.3 Å². The maximum Gasteiger partial charge on any atom is 0.246 e. The van der Waals surface area contributed by atoms with Gasteiger partial charge in [0.05, 0.1) is 28.7 Å². The number of carbonyl (C=O) groups is 1. The Morgan fingerprint density at radius 2 is 1.86 bits per heavy atom. The minimum Gasteiger partial charge on any atom is -0.378 e. The summed E-state index contributed by atoms with van der Waals surface area (Å²) in [5.74, 6) is 1.54. The number of ether oxygens (including phenoxy) is 1. The van der Waals surface area contributed by atoms with E-state index < -0.39 is 26.9 Å². The number of carbonyl (C=O) groups excluding carboxylic acids is 1. The van der Waals surface area contributed by atoms with Gasteiger partial charge in [0.2, 0.25) is 11.9 Å². The monoisotopic (exact) mass is 691 g/mol. The second-order valence-corrected chi connectivity index (χ2v) is 17.3. The van der Waals surface area contributed by atoms with Crippen molar-refractivity contribution >= 4 is 49.8 Å². The van der Waals surface area contributed by atoms with Crippen LogP contribution in [-0.4, -0.2) is 96.3 Å². The highest BCUT2D eigenvalue weighted by atomic mass is 32.2. The fourth-order valence-electron chi connectivity index (χ4n) is 8.25. The molecule has 1 aromatic carbocycles. The van der Waals surface area contributed by atoms with Crippen molar-refractivity contribution in [2.45, 2.75) is 80.7 Å². The van der Waals surface area contributed by atoms with Crippen LogP contribution in [0.2, 0.25) is 0 Å². The quantitative estimate of drug-likeness (QED) is 0.309. The number of alkyl halides is 1. The molecule has 0 radical (unpaired) electrons. The highest BCUT2D eigenvalue weighted by Crippen LogP contribution is 2.44. The Morgan fingerprint density at radius 1 is 1.04 bits per heavy atom. The van der Waals surface area contributed by atoms with Gasteiger partial charge in [-0.25, -0.2) is 22.8 Å². The lowest BCUT2D eigenvalue weighted by Gasteiger charge is -2.48. The second-order valence-electron chi connectivity index (χ2n) is 14.5. The Kier molecular flexibility index (Phi) is 9.01. The topological polar surface area (TPSA) is 121 Å². The summed E-state index contributed by atoms with van der Waals surface area (Å²) in [6.45, 7) is 10.2. The molecule has 262 valence electrons. The Morgan fingerprint density at radius 3 is 2.61 bits per heavy atom. The fraction of sp³-hybridized carbons (Fsp3) is 0.556. The number of hydrogen-bond donors (Lipinski definition) is 1. The summed E-state index contributed by atoms with van der Waals surface area (Å²) in [6.07, 6.45) is 7.98. The molecule has 4 fully saturated rings. The van der Waals surface area contributed by atoms with E-state index >= 15 is 0 Å². The number of benzene rings is 1. The highest BCUT2D eigenvalue weighted by molar-refractivity contribution is 7.93. The van der Waals surface area contributed by atoms with Crippen LogP contribution >= 0.6 is 0 Å². The maximum absolute atomic E-state index is 14.6. The lowest BCUT2D eigenvalue weighted by molar-refractivity contribution is -0.126. The van der Waals surface area contributed by atoms with Gasteiger partial charge in [0.25, 0.3) is 0 Å². The zero-order valence-electron chi connectivity index (χ0n) is 28.5. The molecule has 7 rings (SSSR count). The lowest BCUT2D eigenvalue weighted by atomic mass is 9.89. The van der Waals surface area contributed by atoms with Crippen molar-refractivity contribution in [1.82, 2.24) is 19.9 Å². The molecular formula is C36H46FN7O4S. The van der Waals surface area contributed by atoms with E-state index in [9.17, 15) is 17.6 Å². The number of likely N-dealkylation sites (tertiary alicyclic amines) is 1. The molecule has 1 amide bonds. The Hall–Kier alpha value is -3.84. The summed E-state index contributed by atoms with van der Waals surface area (Å²) >= 11 is 0. The average Bonchev–Trinajstić information content (AvgIpc) is 3.55.